The Morgan fingerprint density at radius 2 is 1.63 bits per heavy atom. The largest absolute Gasteiger partial charge is 0.481 e. The van der Waals surface area contributed by atoms with Gasteiger partial charge in [-0.2, -0.15) is 0 Å². The van der Waals surface area contributed by atoms with Gasteiger partial charge in [0.2, 0.25) is 0 Å². The quantitative estimate of drug-likeness (QED) is 0.0878. The van der Waals surface area contributed by atoms with Crippen molar-refractivity contribution in [2.24, 2.45) is 0 Å². The summed E-state index contributed by atoms with van der Waals surface area (Å²) in [7, 11) is 5.76. The molecule has 0 bridgehead atoms. The van der Waals surface area contributed by atoms with Crippen LogP contribution in [0.4, 0.5) is 0 Å². The van der Waals surface area contributed by atoms with Crippen LogP contribution in [-0.2, 0) is 14.3 Å². The Labute approximate surface area is 211 Å². The monoisotopic (exact) mass is 498 g/mol. The SMILES string of the molecule is CCCCCC(O)/C=C/C(O)C(O)C/C=C/C/C=C\CCCC(=O)OC(CC(=O)O)C[N+](C)(C)C. The lowest BCUT2D eigenvalue weighted by atomic mass is 10.1. The molecule has 0 radical (unpaired) electrons. The first kappa shape index (κ1) is 33.0. The van der Waals surface area contributed by atoms with Crippen molar-refractivity contribution < 1.29 is 39.2 Å². The molecule has 4 unspecified atom stereocenters. The second kappa shape index (κ2) is 19.2. The van der Waals surface area contributed by atoms with Crippen LogP contribution in [0.3, 0.4) is 0 Å². The van der Waals surface area contributed by atoms with Crippen LogP contribution in [0.15, 0.2) is 36.5 Å². The summed E-state index contributed by atoms with van der Waals surface area (Å²) in [5.74, 6) is -1.37. The summed E-state index contributed by atoms with van der Waals surface area (Å²) in [6.45, 7) is 2.54. The van der Waals surface area contributed by atoms with Gasteiger partial charge in [0.25, 0.3) is 0 Å². The topological polar surface area (TPSA) is 124 Å². The Balaban J connectivity index is 4.10. The maximum atomic E-state index is 12.0. The van der Waals surface area contributed by atoms with E-state index in [1.165, 1.54) is 6.08 Å². The van der Waals surface area contributed by atoms with Gasteiger partial charge in [-0.05, 0) is 32.1 Å². The zero-order valence-electron chi connectivity index (χ0n) is 22.0. The number of aliphatic hydroxyl groups excluding tert-OH is 3. The molecule has 0 saturated carbocycles. The maximum absolute atomic E-state index is 12.0. The summed E-state index contributed by atoms with van der Waals surface area (Å²) in [6.07, 6.45) is 13.5. The van der Waals surface area contributed by atoms with Crippen LogP contribution in [0.25, 0.3) is 0 Å². The van der Waals surface area contributed by atoms with E-state index in [2.05, 4.69) is 6.92 Å². The average Bonchev–Trinajstić information content (AvgIpc) is 2.74. The maximum Gasteiger partial charge on any atom is 0.307 e. The van der Waals surface area contributed by atoms with Gasteiger partial charge in [-0.25, -0.2) is 0 Å². The lowest BCUT2D eigenvalue weighted by Crippen LogP contribution is -2.43. The number of nitrogens with zero attached hydrogens (tertiary/aromatic N) is 1. The number of carboxylic acids is 1. The van der Waals surface area contributed by atoms with Crippen LogP contribution in [0.1, 0.15) is 71.1 Å². The van der Waals surface area contributed by atoms with E-state index in [9.17, 15) is 24.9 Å². The Morgan fingerprint density at radius 3 is 2.26 bits per heavy atom. The van der Waals surface area contributed by atoms with Crippen molar-refractivity contribution in [1.29, 1.82) is 0 Å². The number of carbonyl (C=O) groups is 2. The van der Waals surface area contributed by atoms with Crippen molar-refractivity contribution in [3.05, 3.63) is 36.5 Å². The van der Waals surface area contributed by atoms with Crippen LogP contribution in [0.2, 0.25) is 0 Å². The summed E-state index contributed by atoms with van der Waals surface area (Å²) < 4.78 is 5.87. The Kier molecular flexibility index (Phi) is 18.1. The summed E-state index contributed by atoms with van der Waals surface area (Å²) in [5.41, 5.74) is 0. The minimum absolute atomic E-state index is 0.198. The number of unbranched alkanes of at least 4 members (excludes halogenated alkanes) is 3. The third-order valence-corrected chi connectivity index (χ3v) is 5.21. The number of hydrogen-bond acceptors (Lipinski definition) is 6. The summed E-state index contributed by atoms with van der Waals surface area (Å²) in [5, 5.41) is 38.8. The summed E-state index contributed by atoms with van der Waals surface area (Å²) >= 11 is 0. The average molecular weight is 499 g/mol. The van der Waals surface area contributed by atoms with Crippen LogP contribution in [0, 0.1) is 0 Å². The first-order valence-corrected chi connectivity index (χ1v) is 12.7. The number of ether oxygens (including phenoxy) is 1. The van der Waals surface area contributed by atoms with Crippen molar-refractivity contribution in [3.63, 3.8) is 0 Å². The Hall–Kier alpha value is -2.00. The van der Waals surface area contributed by atoms with Crippen molar-refractivity contribution in [2.75, 3.05) is 27.7 Å². The molecule has 0 rings (SSSR count). The normalized spacial score (nSPS) is 16.1. The molecule has 0 aromatic carbocycles. The minimum atomic E-state index is -1.02. The van der Waals surface area contributed by atoms with Gasteiger partial charge in [0.05, 0.1) is 45.9 Å². The van der Waals surface area contributed by atoms with Gasteiger partial charge in [-0.3, -0.25) is 9.59 Å². The number of allylic oxidation sites excluding steroid dienone is 3. The lowest BCUT2D eigenvalue weighted by Gasteiger charge is -2.28. The summed E-state index contributed by atoms with van der Waals surface area (Å²) in [4.78, 5) is 23.0. The number of hydrogen-bond donors (Lipinski definition) is 4. The molecule has 0 aliphatic rings. The van der Waals surface area contributed by atoms with Crippen molar-refractivity contribution in [1.82, 2.24) is 0 Å². The molecule has 202 valence electrons. The molecule has 4 atom stereocenters. The van der Waals surface area contributed by atoms with Crippen LogP contribution in [-0.4, -0.2) is 89.0 Å². The van der Waals surface area contributed by atoms with Gasteiger partial charge in [0, 0.05) is 6.42 Å². The molecule has 8 heteroatoms. The number of rotatable bonds is 20. The fourth-order valence-electron chi connectivity index (χ4n) is 3.39. The van der Waals surface area contributed by atoms with Gasteiger partial charge < -0.3 is 29.6 Å². The molecule has 0 saturated heterocycles. The van der Waals surface area contributed by atoms with E-state index in [-0.39, 0.29) is 18.8 Å². The molecule has 0 spiro atoms. The smallest absolute Gasteiger partial charge is 0.307 e. The fraction of sp³-hybridized carbons (Fsp3) is 0.704. The predicted molar refractivity (Wildman–Crippen MR) is 138 cm³/mol. The van der Waals surface area contributed by atoms with Gasteiger partial charge >= 0.3 is 11.9 Å². The molecule has 35 heavy (non-hydrogen) atoms. The standard InChI is InChI=1S/C27H47NO7/c1-5-6-12-15-22(29)18-19-25(31)24(30)16-13-10-8-7-9-11-14-17-27(34)35-23(20-26(32)33)21-28(2,3)4/h7,9-10,13,18-19,22-25,29-31H,5-6,8,11-12,14-17,20-21H2,1-4H3/p+1/b9-7-,13-10+,19-18+. The van der Waals surface area contributed by atoms with Gasteiger partial charge in [0.1, 0.15) is 6.54 Å². The third kappa shape index (κ3) is 21.0. The molecule has 0 amide bonds. The molecular formula is C27H48NO7+. The van der Waals surface area contributed by atoms with E-state index in [1.54, 1.807) is 12.2 Å². The molecule has 0 aromatic rings. The van der Waals surface area contributed by atoms with Crippen LogP contribution < -0.4 is 0 Å². The molecule has 8 nitrogen and oxygen atoms in total. The summed E-state index contributed by atoms with van der Waals surface area (Å²) in [6, 6.07) is 0. The number of carbonyl (C=O) groups excluding carboxylic acids is 1. The van der Waals surface area contributed by atoms with E-state index in [1.807, 2.05) is 39.4 Å². The first-order chi connectivity index (χ1) is 16.4. The molecule has 0 aromatic heterocycles. The van der Waals surface area contributed by atoms with E-state index < -0.39 is 30.4 Å². The van der Waals surface area contributed by atoms with E-state index >= 15 is 0 Å². The lowest BCUT2D eigenvalue weighted by molar-refractivity contribution is -0.873. The van der Waals surface area contributed by atoms with Crippen LogP contribution >= 0.6 is 0 Å². The highest BCUT2D eigenvalue weighted by atomic mass is 16.5. The van der Waals surface area contributed by atoms with Crippen molar-refractivity contribution in [3.8, 4) is 0 Å². The molecular weight excluding hydrogens is 450 g/mol. The van der Waals surface area contributed by atoms with Crippen molar-refractivity contribution in [2.45, 2.75) is 95.5 Å². The van der Waals surface area contributed by atoms with Gasteiger partial charge in [-0.1, -0.05) is 62.6 Å². The zero-order chi connectivity index (χ0) is 26.7. The van der Waals surface area contributed by atoms with E-state index in [0.29, 0.717) is 43.1 Å². The van der Waals surface area contributed by atoms with Crippen LogP contribution in [0.5, 0.6) is 0 Å². The Bertz CT molecular complexity index is 667. The minimum Gasteiger partial charge on any atom is -0.481 e. The second-order valence-corrected chi connectivity index (χ2v) is 10.00. The number of esters is 1. The van der Waals surface area contributed by atoms with Crippen molar-refractivity contribution >= 4 is 11.9 Å². The first-order valence-electron chi connectivity index (χ1n) is 12.7. The Morgan fingerprint density at radius 1 is 0.943 bits per heavy atom. The van der Waals surface area contributed by atoms with Gasteiger partial charge in [-0.15, -0.1) is 0 Å². The number of aliphatic carboxylic acids is 1. The number of aliphatic hydroxyl groups is 3. The molecule has 0 fully saturated rings. The van der Waals surface area contributed by atoms with E-state index in [4.69, 9.17) is 9.84 Å². The predicted octanol–water partition coefficient (Wildman–Crippen LogP) is 3.36. The third-order valence-electron chi connectivity index (χ3n) is 5.21. The molecule has 0 aliphatic heterocycles. The second-order valence-electron chi connectivity index (χ2n) is 10.00. The fourth-order valence-corrected chi connectivity index (χ4v) is 3.39. The van der Waals surface area contributed by atoms with Gasteiger partial charge in [0.15, 0.2) is 6.10 Å². The highest BCUT2D eigenvalue weighted by Crippen LogP contribution is 2.09. The number of likely N-dealkylation sites (N-methyl/N-ethyl adjacent to an activating group) is 1. The molecule has 4 N–H and O–H groups in total. The highest BCUT2D eigenvalue weighted by Gasteiger charge is 2.24. The number of carboxylic acid groups (broad SMARTS) is 1. The number of quaternary nitrogens is 1. The molecule has 0 aliphatic carbocycles. The zero-order valence-corrected chi connectivity index (χ0v) is 22.0. The van der Waals surface area contributed by atoms with E-state index in [0.717, 1.165) is 19.3 Å². The molecule has 0 heterocycles. The highest BCUT2D eigenvalue weighted by molar-refractivity contribution is 5.71.